The van der Waals surface area contributed by atoms with Crippen molar-refractivity contribution in [2.75, 3.05) is 0 Å². The summed E-state index contributed by atoms with van der Waals surface area (Å²) in [5.74, 6) is -0.0534. The molecule has 0 bridgehead atoms. The number of pyridine rings is 1. The standard InChI is InChI=1S/C20H17Cl2N5O.ClH/c21-15-5-1-13(2-6-15)17-9-12(11-26-19(23)27-20(24)28)10-25-18(17)14-3-7-16(22)8-4-14;/h1-10H,11H2,(H5,23,24,26,27,28);1H. The van der Waals surface area contributed by atoms with Crippen LogP contribution in [0.25, 0.3) is 22.4 Å². The van der Waals surface area contributed by atoms with Crippen LogP contribution in [-0.4, -0.2) is 17.0 Å². The van der Waals surface area contributed by atoms with Crippen molar-refractivity contribution in [3.63, 3.8) is 0 Å². The molecule has 0 aliphatic carbocycles. The highest BCUT2D eigenvalue weighted by atomic mass is 35.5. The summed E-state index contributed by atoms with van der Waals surface area (Å²) in [5, 5.41) is 4.14. The fourth-order valence-corrected chi connectivity index (χ4v) is 2.89. The molecule has 0 spiro atoms. The first-order valence-electron chi connectivity index (χ1n) is 8.30. The third-order valence-corrected chi connectivity index (χ3v) is 4.43. The van der Waals surface area contributed by atoms with Gasteiger partial charge in [0.25, 0.3) is 0 Å². The molecule has 0 aliphatic heterocycles. The highest BCUT2D eigenvalue weighted by Gasteiger charge is 2.11. The summed E-state index contributed by atoms with van der Waals surface area (Å²) >= 11 is 12.0. The van der Waals surface area contributed by atoms with Gasteiger partial charge in [-0.25, -0.2) is 4.79 Å². The van der Waals surface area contributed by atoms with E-state index in [1.807, 2.05) is 54.6 Å². The summed E-state index contributed by atoms with van der Waals surface area (Å²) in [5.41, 5.74) is 15.1. The van der Waals surface area contributed by atoms with Crippen molar-refractivity contribution < 1.29 is 4.79 Å². The van der Waals surface area contributed by atoms with Crippen molar-refractivity contribution in [1.82, 2.24) is 10.3 Å². The van der Waals surface area contributed by atoms with Crippen LogP contribution in [0.15, 0.2) is 65.8 Å². The van der Waals surface area contributed by atoms with Crippen molar-refractivity contribution in [3.05, 3.63) is 76.4 Å². The van der Waals surface area contributed by atoms with E-state index in [4.69, 9.17) is 34.7 Å². The predicted octanol–water partition coefficient (Wildman–Crippen LogP) is 4.63. The normalized spacial score (nSPS) is 10.9. The molecule has 9 heteroatoms. The SMILES string of the molecule is Cl.NC(=O)/N=C(\N)NCc1cnc(-c2ccc(Cl)cc2)c(-c2ccc(Cl)cc2)c1. The van der Waals surface area contributed by atoms with E-state index in [0.29, 0.717) is 16.6 Å². The van der Waals surface area contributed by atoms with Crippen LogP contribution in [0.2, 0.25) is 10.0 Å². The zero-order chi connectivity index (χ0) is 20.1. The molecule has 29 heavy (non-hydrogen) atoms. The Morgan fingerprint density at radius 1 is 0.966 bits per heavy atom. The monoisotopic (exact) mass is 449 g/mol. The quantitative estimate of drug-likeness (QED) is 0.398. The van der Waals surface area contributed by atoms with Gasteiger partial charge in [0, 0.05) is 33.9 Å². The molecule has 2 amide bonds. The molecule has 3 rings (SSSR count). The molecule has 0 fully saturated rings. The number of rotatable bonds is 4. The molecule has 150 valence electrons. The van der Waals surface area contributed by atoms with Crippen molar-refractivity contribution in [2.24, 2.45) is 16.5 Å². The minimum atomic E-state index is -0.858. The zero-order valence-corrected chi connectivity index (χ0v) is 17.4. The van der Waals surface area contributed by atoms with E-state index in [1.165, 1.54) is 0 Å². The van der Waals surface area contributed by atoms with Gasteiger partial charge in [-0.1, -0.05) is 47.5 Å². The molecule has 1 heterocycles. The van der Waals surface area contributed by atoms with Gasteiger partial charge in [-0.3, -0.25) is 4.98 Å². The molecule has 2 aromatic carbocycles. The third kappa shape index (κ3) is 6.09. The third-order valence-electron chi connectivity index (χ3n) is 3.92. The number of guanidine groups is 1. The van der Waals surface area contributed by atoms with E-state index < -0.39 is 6.03 Å². The number of amides is 2. The first-order valence-corrected chi connectivity index (χ1v) is 9.06. The minimum absolute atomic E-state index is 0. The van der Waals surface area contributed by atoms with Gasteiger partial charge < -0.3 is 16.8 Å². The van der Waals surface area contributed by atoms with E-state index in [-0.39, 0.29) is 18.4 Å². The number of carbonyl (C=O) groups is 1. The van der Waals surface area contributed by atoms with Crippen molar-refractivity contribution >= 4 is 47.6 Å². The van der Waals surface area contributed by atoms with Crippen LogP contribution < -0.4 is 16.8 Å². The predicted molar refractivity (Wildman–Crippen MR) is 120 cm³/mol. The van der Waals surface area contributed by atoms with Crippen LogP contribution in [-0.2, 0) is 6.54 Å². The smallest absolute Gasteiger partial charge is 0.341 e. The number of hydrogen-bond donors (Lipinski definition) is 3. The largest absolute Gasteiger partial charge is 0.370 e. The number of nitrogens with one attached hydrogen (secondary N) is 1. The Bertz CT molecular complexity index is 1020. The molecule has 0 aliphatic rings. The van der Waals surface area contributed by atoms with Gasteiger partial charge in [0.1, 0.15) is 0 Å². The van der Waals surface area contributed by atoms with Crippen LogP contribution in [0, 0.1) is 0 Å². The number of urea groups is 1. The number of aromatic nitrogens is 1. The Balaban J connectivity index is 0.00000300. The van der Waals surface area contributed by atoms with Gasteiger partial charge in [-0.2, -0.15) is 4.99 Å². The summed E-state index contributed by atoms with van der Waals surface area (Å²) < 4.78 is 0. The topological polar surface area (TPSA) is 106 Å². The number of primary amides is 1. The van der Waals surface area contributed by atoms with Gasteiger partial charge in [-0.05, 0) is 41.5 Å². The Hall–Kier alpha value is -2.80. The van der Waals surface area contributed by atoms with Crippen LogP contribution >= 0.6 is 35.6 Å². The van der Waals surface area contributed by atoms with Crippen molar-refractivity contribution in [2.45, 2.75) is 6.54 Å². The summed E-state index contributed by atoms with van der Waals surface area (Å²) in [6.07, 6.45) is 1.73. The van der Waals surface area contributed by atoms with E-state index in [0.717, 1.165) is 27.9 Å². The summed E-state index contributed by atoms with van der Waals surface area (Å²) in [6, 6.07) is 16.1. The molecule has 1 aromatic heterocycles. The van der Waals surface area contributed by atoms with E-state index in [1.54, 1.807) is 6.20 Å². The van der Waals surface area contributed by atoms with Crippen molar-refractivity contribution in [3.8, 4) is 22.4 Å². The molecule has 0 unspecified atom stereocenters. The number of hydrogen-bond acceptors (Lipinski definition) is 2. The second kappa shape index (κ2) is 10.1. The molecule has 0 saturated carbocycles. The average molecular weight is 451 g/mol. The minimum Gasteiger partial charge on any atom is -0.370 e. The fourth-order valence-electron chi connectivity index (χ4n) is 2.64. The van der Waals surface area contributed by atoms with Crippen LogP contribution in [0.1, 0.15) is 5.56 Å². The zero-order valence-electron chi connectivity index (χ0n) is 15.1. The molecule has 5 N–H and O–H groups in total. The lowest BCUT2D eigenvalue weighted by molar-refractivity contribution is 0.256. The number of carbonyl (C=O) groups excluding carboxylic acids is 1. The number of halogens is 3. The van der Waals surface area contributed by atoms with Gasteiger partial charge >= 0.3 is 6.03 Å². The Morgan fingerprint density at radius 3 is 2.07 bits per heavy atom. The van der Waals surface area contributed by atoms with Gasteiger partial charge in [0.2, 0.25) is 0 Å². The Morgan fingerprint density at radius 2 is 1.52 bits per heavy atom. The maximum Gasteiger partial charge on any atom is 0.341 e. The second-order valence-electron chi connectivity index (χ2n) is 5.94. The number of nitrogens with zero attached hydrogens (tertiary/aromatic N) is 2. The van der Waals surface area contributed by atoms with E-state index >= 15 is 0 Å². The maximum absolute atomic E-state index is 10.8. The van der Waals surface area contributed by atoms with Crippen molar-refractivity contribution in [1.29, 1.82) is 0 Å². The molecular formula is C20H18Cl3N5O. The molecule has 3 aromatic rings. The van der Waals surface area contributed by atoms with E-state index in [2.05, 4.69) is 15.3 Å². The molecule has 6 nitrogen and oxygen atoms in total. The number of benzene rings is 2. The lowest BCUT2D eigenvalue weighted by Crippen LogP contribution is -2.32. The molecule has 0 saturated heterocycles. The molecular weight excluding hydrogens is 433 g/mol. The van der Waals surface area contributed by atoms with Gasteiger partial charge in [0.15, 0.2) is 5.96 Å². The Labute approximate surface area is 184 Å². The number of aliphatic imine (C=N–C) groups is 1. The summed E-state index contributed by atoms with van der Waals surface area (Å²) in [4.78, 5) is 18.9. The van der Waals surface area contributed by atoms with Crippen LogP contribution in [0.4, 0.5) is 4.79 Å². The maximum atomic E-state index is 10.8. The summed E-state index contributed by atoms with van der Waals surface area (Å²) in [7, 11) is 0. The number of nitrogens with two attached hydrogens (primary N) is 2. The van der Waals surface area contributed by atoms with Gasteiger partial charge in [-0.15, -0.1) is 12.4 Å². The first-order chi connectivity index (χ1) is 13.4. The summed E-state index contributed by atoms with van der Waals surface area (Å²) in [6.45, 7) is 0.330. The molecule has 0 radical (unpaired) electrons. The Kier molecular flexibility index (Phi) is 7.84. The van der Waals surface area contributed by atoms with Crippen LogP contribution in [0.3, 0.4) is 0 Å². The second-order valence-corrected chi connectivity index (χ2v) is 6.82. The fraction of sp³-hybridized carbons (Fsp3) is 0.0500. The average Bonchev–Trinajstić information content (AvgIpc) is 2.67. The molecule has 0 atom stereocenters. The lowest BCUT2D eigenvalue weighted by atomic mass is 9.98. The highest BCUT2D eigenvalue weighted by molar-refractivity contribution is 6.31. The first kappa shape index (κ1) is 22.5. The van der Waals surface area contributed by atoms with E-state index in [9.17, 15) is 4.79 Å². The van der Waals surface area contributed by atoms with Gasteiger partial charge in [0.05, 0.1) is 5.69 Å². The van der Waals surface area contributed by atoms with Crippen LogP contribution in [0.5, 0.6) is 0 Å². The lowest BCUT2D eigenvalue weighted by Gasteiger charge is -2.13. The highest BCUT2D eigenvalue weighted by Crippen LogP contribution is 2.32.